The monoisotopic (exact) mass is 482 g/mol. The molecule has 4 rings (SSSR count). The van der Waals surface area contributed by atoms with Crippen LogP contribution in [0.3, 0.4) is 0 Å². The Morgan fingerprint density at radius 2 is 1.57 bits per heavy atom. The molecule has 0 bridgehead atoms. The Bertz CT molecular complexity index is 1230. The zero-order valence-electron chi connectivity index (χ0n) is 20.3. The number of carbonyl (C=O) groups excluding carboxylic acids is 2. The van der Waals surface area contributed by atoms with Crippen molar-refractivity contribution in [3.05, 3.63) is 77.6 Å². The minimum absolute atomic E-state index is 0.106. The topological polar surface area (TPSA) is 76.5 Å². The van der Waals surface area contributed by atoms with E-state index in [4.69, 9.17) is 4.74 Å². The van der Waals surface area contributed by atoms with Crippen LogP contribution in [-0.4, -0.2) is 33.4 Å². The first-order chi connectivity index (χ1) is 16.4. The van der Waals surface area contributed by atoms with Gasteiger partial charge in [-0.15, -0.1) is 0 Å². The summed E-state index contributed by atoms with van der Waals surface area (Å²) in [6.45, 7) is 8.97. The van der Waals surface area contributed by atoms with Crippen molar-refractivity contribution in [2.75, 3.05) is 10.2 Å². The van der Waals surface area contributed by atoms with Crippen molar-refractivity contribution >= 4 is 23.4 Å². The van der Waals surface area contributed by atoms with Crippen LogP contribution in [0, 0.1) is 0 Å². The molecular weight excluding hydrogens is 454 g/mol. The van der Waals surface area contributed by atoms with Crippen molar-refractivity contribution in [1.29, 1.82) is 0 Å². The van der Waals surface area contributed by atoms with E-state index < -0.39 is 23.5 Å². The zero-order chi connectivity index (χ0) is 25.5. The molecule has 0 saturated heterocycles. The first-order valence-corrected chi connectivity index (χ1v) is 11.3. The molecule has 1 aliphatic heterocycles. The Morgan fingerprint density at radius 1 is 0.971 bits per heavy atom. The van der Waals surface area contributed by atoms with E-state index in [1.54, 1.807) is 43.7 Å². The summed E-state index contributed by atoms with van der Waals surface area (Å²) >= 11 is 0. The number of benzene rings is 2. The second kappa shape index (κ2) is 8.79. The van der Waals surface area contributed by atoms with Gasteiger partial charge < -0.3 is 9.64 Å². The lowest BCUT2D eigenvalue weighted by atomic mass is 9.99. The van der Waals surface area contributed by atoms with Crippen LogP contribution in [0.1, 0.15) is 62.3 Å². The number of rotatable bonds is 4. The number of hydrogen-bond acceptors (Lipinski definition) is 4. The quantitative estimate of drug-likeness (QED) is 0.496. The fourth-order valence-corrected chi connectivity index (χ4v) is 4.11. The second-order valence-electron chi connectivity index (χ2n) is 9.62. The largest absolute Gasteiger partial charge is 0.444 e. The van der Waals surface area contributed by atoms with Crippen LogP contribution >= 0.6 is 0 Å². The number of ether oxygens (including phenoxy) is 1. The predicted molar refractivity (Wildman–Crippen MR) is 129 cm³/mol. The molecule has 9 heteroatoms. The molecule has 0 radical (unpaired) electrons. The molecule has 2 atom stereocenters. The highest BCUT2D eigenvalue weighted by Crippen LogP contribution is 2.38. The van der Waals surface area contributed by atoms with Gasteiger partial charge in [0.1, 0.15) is 5.60 Å². The molecule has 1 aliphatic rings. The van der Waals surface area contributed by atoms with Gasteiger partial charge in [-0.1, -0.05) is 42.5 Å². The highest BCUT2D eigenvalue weighted by molar-refractivity contribution is 6.11. The summed E-state index contributed by atoms with van der Waals surface area (Å²) in [4.78, 5) is 27.4. The number of fused-ring (bicyclic) bond motifs is 1. The normalized spacial score (nSPS) is 18.3. The minimum Gasteiger partial charge on any atom is -0.444 e. The standard InChI is InChI=1S/C26H28F2N4O3/c1-16-17(2)32-22(21(15-29-32)30-24(34)35-25(3,4)5)23(33)31(16)20-13-11-19(12-14-20)26(27,28)18-9-7-6-8-10-18/h6-17H,1-5H3,(H,30,34)/t16-,17-/m1/s1. The van der Waals surface area contributed by atoms with Gasteiger partial charge in [-0.3, -0.25) is 14.8 Å². The lowest BCUT2D eigenvalue weighted by Crippen LogP contribution is -2.49. The highest BCUT2D eigenvalue weighted by atomic mass is 19.3. The molecule has 7 nitrogen and oxygen atoms in total. The Morgan fingerprint density at radius 3 is 2.17 bits per heavy atom. The molecular formula is C26H28F2N4O3. The third-order valence-corrected chi connectivity index (χ3v) is 5.99. The highest BCUT2D eigenvalue weighted by Gasteiger charge is 2.40. The van der Waals surface area contributed by atoms with Gasteiger partial charge in [-0.2, -0.15) is 13.9 Å². The minimum atomic E-state index is -3.17. The van der Waals surface area contributed by atoms with E-state index >= 15 is 0 Å². The molecule has 184 valence electrons. The number of alkyl halides is 2. The number of carbonyl (C=O) groups is 2. The Balaban J connectivity index is 1.64. The number of halogens is 2. The average molecular weight is 483 g/mol. The fraction of sp³-hybridized carbons (Fsp3) is 0.346. The molecule has 2 amide bonds. The van der Waals surface area contributed by atoms with E-state index in [2.05, 4.69) is 10.4 Å². The molecule has 35 heavy (non-hydrogen) atoms. The van der Waals surface area contributed by atoms with Gasteiger partial charge in [0.25, 0.3) is 11.8 Å². The number of nitrogens with one attached hydrogen (secondary N) is 1. The molecule has 0 spiro atoms. The van der Waals surface area contributed by atoms with E-state index in [0.29, 0.717) is 5.69 Å². The lowest BCUT2D eigenvalue weighted by molar-refractivity contribution is 0.0428. The van der Waals surface area contributed by atoms with Gasteiger partial charge >= 0.3 is 6.09 Å². The van der Waals surface area contributed by atoms with Gasteiger partial charge in [0.15, 0.2) is 5.69 Å². The summed E-state index contributed by atoms with van der Waals surface area (Å²) in [5.41, 5.74) is -0.0999. The second-order valence-corrected chi connectivity index (χ2v) is 9.62. The van der Waals surface area contributed by atoms with Crippen molar-refractivity contribution in [2.24, 2.45) is 0 Å². The Kier molecular flexibility index (Phi) is 6.12. The smallest absolute Gasteiger partial charge is 0.412 e. The summed E-state index contributed by atoms with van der Waals surface area (Å²) in [5.74, 6) is -3.57. The summed E-state index contributed by atoms with van der Waals surface area (Å²) < 4.78 is 36.8. The van der Waals surface area contributed by atoms with Crippen molar-refractivity contribution in [3.63, 3.8) is 0 Å². The maximum Gasteiger partial charge on any atom is 0.412 e. The third kappa shape index (κ3) is 4.62. The average Bonchev–Trinajstić information content (AvgIpc) is 3.21. The van der Waals surface area contributed by atoms with Crippen LogP contribution < -0.4 is 10.2 Å². The van der Waals surface area contributed by atoms with Crippen LogP contribution in [0.25, 0.3) is 0 Å². The van der Waals surface area contributed by atoms with Crippen molar-refractivity contribution in [3.8, 4) is 0 Å². The summed E-state index contributed by atoms with van der Waals surface area (Å²) in [6.07, 6.45) is 0.708. The van der Waals surface area contributed by atoms with E-state index in [1.165, 1.54) is 47.5 Å². The number of nitrogens with zero attached hydrogens (tertiary/aromatic N) is 3. The summed E-state index contributed by atoms with van der Waals surface area (Å²) in [7, 11) is 0. The van der Waals surface area contributed by atoms with Gasteiger partial charge in [0.05, 0.1) is 24.0 Å². The fourth-order valence-electron chi connectivity index (χ4n) is 4.11. The number of aromatic nitrogens is 2. The van der Waals surface area contributed by atoms with E-state index in [9.17, 15) is 18.4 Å². The molecule has 3 aromatic rings. The third-order valence-electron chi connectivity index (χ3n) is 5.99. The maximum atomic E-state index is 15.0. The van der Waals surface area contributed by atoms with Crippen LogP contribution in [0.15, 0.2) is 60.8 Å². The number of amides is 2. The summed E-state index contributed by atoms with van der Waals surface area (Å²) in [5, 5.41) is 6.90. The Labute approximate surface area is 202 Å². The number of anilines is 2. The maximum absolute atomic E-state index is 15.0. The van der Waals surface area contributed by atoms with Crippen molar-refractivity contribution in [2.45, 2.75) is 58.2 Å². The van der Waals surface area contributed by atoms with Gasteiger partial charge in [-0.25, -0.2) is 4.79 Å². The van der Waals surface area contributed by atoms with Crippen LogP contribution in [0.5, 0.6) is 0 Å². The molecule has 0 aliphatic carbocycles. The van der Waals surface area contributed by atoms with Gasteiger partial charge in [0, 0.05) is 16.8 Å². The van der Waals surface area contributed by atoms with Crippen LogP contribution in [0.4, 0.5) is 25.0 Å². The molecule has 0 fully saturated rings. The van der Waals surface area contributed by atoms with E-state index in [-0.39, 0.29) is 34.6 Å². The zero-order valence-corrected chi connectivity index (χ0v) is 20.3. The first kappa shape index (κ1) is 24.4. The lowest BCUT2D eigenvalue weighted by Gasteiger charge is -2.38. The molecule has 1 N–H and O–H groups in total. The molecule has 0 unspecified atom stereocenters. The van der Waals surface area contributed by atoms with Gasteiger partial charge in [0.2, 0.25) is 0 Å². The van der Waals surface area contributed by atoms with Crippen LogP contribution in [-0.2, 0) is 10.7 Å². The first-order valence-electron chi connectivity index (χ1n) is 11.3. The van der Waals surface area contributed by atoms with E-state index in [0.717, 1.165) is 0 Å². The SMILES string of the molecule is C[C@@H]1[C@@H](C)n2ncc(NC(=O)OC(C)(C)C)c2C(=O)N1c1ccc(C(F)(F)c2ccccc2)cc1. The van der Waals surface area contributed by atoms with Crippen molar-refractivity contribution < 1.29 is 23.1 Å². The molecule has 1 aromatic heterocycles. The van der Waals surface area contributed by atoms with E-state index in [1.807, 2.05) is 13.8 Å². The van der Waals surface area contributed by atoms with Crippen LogP contribution in [0.2, 0.25) is 0 Å². The van der Waals surface area contributed by atoms with Gasteiger partial charge in [-0.05, 0) is 46.8 Å². The molecule has 0 saturated carbocycles. The van der Waals surface area contributed by atoms with Crippen molar-refractivity contribution in [1.82, 2.24) is 9.78 Å². The predicted octanol–water partition coefficient (Wildman–Crippen LogP) is 5.98. The Hall–Kier alpha value is -3.75. The molecule has 2 aromatic carbocycles. The summed E-state index contributed by atoms with van der Waals surface area (Å²) in [6, 6.07) is 12.7. The molecule has 2 heterocycles. The number of hydrogen-bond donors (Lipinski definition) is 1.